The average Bonchev–Trinajstić information content (AvgIpc) is 3.01. The molecule has 0 aromatic carbocycles. The maximum atomic E-state index is 13.0. The third kappa shape index (κ3) is 4.76. The summed E-state index contributed by atoms with van der Waals surface area (Å²) < 4.78 is 28.0. The molecule has 6 nitrogen and oxygen atoms in total. The van der Waals surface area contributed by atoms with Crippen molar-refractivity contribution in [3.63, 3.8) is 0 Å². The average molecular weight is 360 g/mol. The number of piperidine rings is 1. The first-order valence-electron chi connectivity index (χ1n) is 8.01. The van der Waals surface area contributed by atoms with Gasteiger partial charge in [-0.05, 0) is 44.5 Å². The molecule has 2 heterocycles. The van der Waals surface area contributed by atoms with E-state index in [1.54, 1.807) is 16.4 Å². The van der Waals surface area contributed by atoms with Crippen LogP contribution in [-0.4, -0.2) is 44.3 Å². The molecule has 1 aromatic rings. The largest absolute Gasteiger partial charge is 0.351 e. The minimum atomic E-state index is -3.47. The molecule has 1 aliphatic heterocycles. The van der Waals surface area contributed by atoms with Crippen LogP contribution >= 0.6 is 11.3 Å². The molecule has 1 saturated heterocycles. The molecule has 1 fully saturated rings. The van der Waals surface area contributed by atoms with Gasteiger partial charge in [0.1, 0.15) is 4.21 Å². The lowest BCUT2D eigenvalue weighted by molar-refractivity contribution is -0.119. The highest BCUT2D eigenvalue weighted by Crippen LogP contribution is 2.28. The monoisotopic (exact) mass is 359 g/mol. The second-order valence-electron chi connectivity index (χ2n) is 5.73. The highest BCUT2D eigenvalue weighted by molar-refractivity contribution is 7.91. The van der Waals surface area contributed by atoms with E-state index in [4.69, 9.17) is 0 Å². The van der Waals surface area contributed by atoms with Gasteiger partial charge < -0.3 is 10.6 Å². The number of nitrogens with one attached hydrogen (secondary N) is 2. The van der Waals surface area contributed by atoms with E-state index >= 15 is 0 Å². The lowest BCUT2D eigenvalue weighted by Crippen LogP contribution is -2.46. The second kappa shape index (κ2) is 8.23. The van der Waals surface area contributed by atoms with Crippen LogP contribution in [0.15, 0.2) is 16.3 Å². The molecule has 0 radical (unpaired) electrons. The summed E-state index contributed by atoms with van der Waals surface area (Å²) in [6, 6.07) is 3.50. The minimum Gasteiger partial charge on any atom is -0.351 e. The fourth-order valence-corrected chi connectivity index (χ4v) is 5.93. The minimum absolute atomic E-state index is 0.0714. The van der Waals surface area contributed by atoms with E-state index in [1.165, 1.54) is 18.3 Å². The van der Waals surface area contributed by atoms with Crippen molar-refractivity contribution in [2.75, 3.05) is 19.6 Å². The normalized spacial score (nSPS) is 16.7. The van der Waals surface area contributed by atoms with Gasteiger partial charge in [0.25, 0.3) is 10.0 Å². The fraction of sp³-hybridized carbons (Fsp3) is 0.667. The lowest BCUT2D eigenvalue weighted by atomic mass is 10.1. The summed E-state index contributed by atoms with van der Waals surface area (Å²) in [6.07, 6.45) is 2.50. The van der Waals surface area contributed by atoms with Crippen LogP contribution in [-0.2, 0) is 21.4 Å². The molecule has 1 aliphatic rings. The third-order valence-corrected chi connectivity index (χ3v) is 7.38. The first-order chi connectivity index (χ1) is 10.9. The summed E-state index contributed by atoms with van der Waals surface area (Å²) in [4.78, 5) is 11.8. The van der Waals surface area contributed by atoms with Crippen LogP contribution in [0.1, 0.15) is 38.0 Å². The van der Waals surface area contributed by atoms with Crippen molar-refractivity contribution in [1.29, 1.82) is 0 Å². The van der Waals surface area contributed by atoms with Crippen LogP contribution < -0.4 is 10.6 Å². The predicted octanol–water partition coefficient (Wildman–Crippen LogP) is 1.54. The summed E-state index contributed by atoms with van der Waals surface area (Å²) >= 11 is 1.24. The number of carbonyl (C=O) groups is 1. The van der Waals surface area contributed by atoms with Crippen LogP contribution in [0.4, 0.5) is 0 Å². The van der Waals surface area contributed by atoms with Crippen LogP contribution in [0.25, 0.3) is 0 Å². The van der Waals surface area contributed by atoms with Crippen molar-refractivity contribution in [3.8, 4) is 0 Å². The maximum Gasteiger partial charge on any atom is 0.252 e. The Hall–Kier alpha value is -0.960. The summed E-state index contributed by atoms with van der Waals surface area (Å²) in [5.41, 5.74) is 0. The Bertz CT molecular complexity index is 622. The Morgan fingerprint density at radius 2 is 2.09 bits per heavy atom. The van der Waals surface area contributed by atoms with Gasteiger partial charge in [-0.25, -0.2) is 8.42 Å². The molecule has 0 spiro atoms. The number of carbonyl (C=O) groups excluding carboxylic acids is 1. The molecule has 0 bridgehead atoms. The number of nitrogens with zero attached hydrogens (tertiary/aromatic N) is 1. The molecule has 1 aromatic heterocycles. The van der Waals surface area contributed by atoms with Gasteiger partial charge in [0.2, 0.25) is 5.91 Å². The standard InChI is InChI=1S/C15H25N3O3S2/c1-3-10-18(13-6-8-16-9-7-13)23(20,21)15-5-4-14(22-15)11-17-12(2)19/h4-5,13,16H,3,6-11H2,1-2H3,(H,17,19). The van der Waals surface area contributed by atoms with Crippen molar-refractivity contribution >= 4 is 27.3 Å². The van der Waals surface area contributed by atoms with Crippen molar-refractivity contribution in [2.24, 2.45) is 0 Å². The maximum absolute atomic E-state index is 13.0. The van der Waals surface area contributed by atoms with Gasteiger partial charge in [-0.2, -0.15) is 4.31 Å². The number of amides is 1. The molecule has 130 valence electrons. The molecule has 0 saturated carbocycles. The van der Waals surface area contributed by atoms with E-state index in [-0.39, 0.29) is 11.9 Å². The van der Waals surface area contributed by atoms with Gasteiger partial charge >= 0.3 is 0 Å². The van der Waals surface area contributed by atoms with Gasteiger partial charge in [-0.15, -0.1) is 11.3 Å². The van der Waals surface area contributed by atoms with E-state index in [9.17, 15) is 13.2 Å². The Balaban J connectivity index is 2.17. The van der Waals surface area contributed by atoms with E-state index < -0.39 is 10.0 Å². The number of rotatable bonds is 7. The van der Waals surface area contributed by atoms with E-state index in [0.29, 0.717) is 17.3 Å². The zero-order chi connectivity index (χ0) is 16.9. The summed E-state index contributed by atoms with van der Waals surface area (Å²) in [7, 11) is -3.47. The van der Waals surface area contributed by atoms with E-state index in [0.717, 1.165) is 37.2 Å². The van der Waals surface area contributed by atoms with Gasteiger partial charge in [0.05, 0.1) is 6.54 Å². The van der Waals surface area contributed by atoms with Crippen LogP contribution in [0, 0.1) is 0 Å². The summed E-state index contributed by atoms with van der Waals surface area (Å²) in [5, 5.41) is 5.97. The highest BCUT2D eigenvalue weighted by Gasteiger charge is 2.32. The predicted molar refractivity (Wildman–Crippen MR) is 91.9 cm³/mol. The van der Waals surface area contributed by atoms with Gasteiger partial charge in [0, 0.05) is 24.4 Å². The summed E-state index contributed by atoms with van der Waals surface area (Å²) in [6.45, 7) is 6.09. The number of thiophene rings is 1. The molecular formula is C15H25N3O3S2. The molecule has 2 rings (SSSR count). The molecule has 0 aliphatic carbocycles. The van der Waals surface area contributed by atoms with Gasteiger partial charge in [-0.3, -0.25) is 4.79 Å². The first kappa shape index (κ1) is 18.4. The van der Waals surface area contributed by atoms with E-state index in [1.807, 2.05) is 6.92 Å². The number of hydrogen-bond donors (Lipinski definition) is 2. The van der Waals surface area contributed by atoms with Gasteiger partial charge in [0.15, 0.2) is 0 Å². The Morgan fingerprint density at radius 3 is 2.70 bits per heavy atom. The smallest absolute Gasteiger partial charge is 0.252 e. The quantitative estimate of drug-likeness (QED) is 0.774. The van der Waals surface area contributed by atoms with E-state index in [2.05, 4.69) is 10.6 Å². The topological polar surface area (TPSA) is 78.5 Å². The molecule has 0 atom stereocenters. The lowest BCUT2D eigenvalue weighted by Gasteiger charge is -2.33. The Labute approximate surface area is 142 Å². The zero-order valence-corrected chi connectivity index (χ0v) is 15.3. The Morgan fingerprint density at radius 1 is 1.39 bits per heavy atom. The zero-order valence-electron chi connectivity index (χ0n) is 13.7. The van der Waals surface area contributed by atoms with Crippen molar-refractivity contribution in [2.45, 2.75) is 49.9 Å². The van der Waals surface area contributed by atoms with Gasteiger partial charge in [-0.1, -0.05) is 6.92 Å². The molecule has 8 heteroatoms. The number of sulfonamides is 1. The third-order valence-electron chi connectivity index (χ3n) is 3.87. The van der Waals surface area contributed by atoms with Crippen molar-refractivity contribution in [3.05, 3.63) is 17.0 Å². The second-order valence-corrected chi connectivity index (χ2v) is 9.01. The highest BCUT2D eigenvalue weighted by atomic mass is 32.2. The fourth-order valence-electron chi connectivity index (χ4n) is 2.73. The number of hydrogen-bond acceptors (Lipinski definition) is 5. The van der Waals surface area contributed by atoms with Crippen LogP contribution in [0.3, 0.4) is 0 Å². The molecular weight excluding hydrogens is 334 g/mol. The van der Waals surface area contributed by atoms with Crippen molar-refractivity contribution in [1.82, 2.24) is 14.9 Å². The molecule has 0 unspecified atom stereocenters. The molecule has 1 amide bonds. The van der Waals surface area contributed by atoms with Crippen LogP contribution in [0.5, 0.6) is 0 Å². The first-order valence-corrected chi connectivity index (χ1v) is 10.3. The molecule has 23 heavy (non-hydrogen) atoms. The molecule has 2 N–H and O–H groups in total. The van der Waals surface area contributed by atoms with Crippen LogP contribution in [0.2, 0.25) is 0 Å². The van der Waals surface area contributed by atoms with Crippen molar-refractivity contribution < 1.29 is 13.2 Å². The summed E-state index contributed by atoms with van der Waals surface area (Å²) in [5.74, 6) is -0.120. The SMILES string of the molecule is CCCN(C1CCNCC1)S(=O)(=O)c1ccc(CNC(C)=O)s1. The Kier molecular flexibility index (Phi) is 6.58.